The topological polar surface area (TPSA) is 6.25 Å². The van der Waals surface area contributed by atoms with Crippen LogP contribution in [0.15, 0.2) is 59.5 Å². The third-order valence-corrected chi connectivity index (χ3v) is 5.08. The van der Waals surface area contributed by atoms with E-state index < -0.39 is 0 Å². The van der Waals surface area contributed by atoms with E-state index in [2.05, 4.69) is 66.1 Å². The van der Waals surface area contributed by atoms with Crippen LogP contribution in [0, 0.1) is 5.92 Å². The van der Waals surface area contributed by atoms with Gasteiger partial charge in [-0.2, -0.15) is 0 Å². The average molecular weight is 277 g/mol. The molecule has 3 aliphatic heterocycles. The van der Waals surface area contributed by atoms with Gasteiger partial charge >= 0.3 is 6.71 Å². The second-order valence-electron chi connectivity index (χ2n) is 6.58. The van der Waals surface area contributed by atoms with Crippen LogP contribution < -0.4 is 0 Å². The molecule has 0 aromatic rings. The van der Waals surface area contributed by atoms with Crippen LogP contribution in [0.1, 0.15) is 33.1 Å². The molecule has 0 spiro atoms. The standard InChI is InChI=1S/C18H22BN2/c1-14-6-5-7-15(2)18(14)21-11-9-19-16(13-21)12-20-10-4-3-8-17(19)20/h4-6,9-11,13,15H,3,7-8,12H2,1-2H3/q+1. The Morgan fingerprint density at radius 1 is 1.33 bits per heavy atom. The van der Waals surface area contributed by atoms with Gasteiger partial charge in [0.25, 0.3) is 0 Å². The minimum Gasteiger partial charge on any atom is -0.329 e. The number of hydrogen-bond donors (Lipinski definition) is 0. The van der Waals surface area contributed by atoms with E-state index in [1.807, 2.05) is 0 Å². The van der Waals surface area contributed by atoms with Crippen molar-refractivity contribution in [3.8, 4) is 0 Å². The molecule has 0 saturated carbocycles. The van der Waals surface area contributed by atoms with Gasteiger partial charge in [0.15, 0.2) is 12.7 Å². The number of fused-ring (bicyclic) bond motifs is 2. The van der Waals surface area contributed by atoms with Crippen LogP contribution in [0.2, 0.25) is 0 Å². The number of hydrogen-bond acceptors (Lipinski definition) is 1. The maximum absolute atomic E-state index is 2.44. The fourth-order valence-corrected chi connectivity index (χ4v) is 4.07. The van der Waals surface area contributed by atoms with Crippen molar-refractivity contribution in [2.45, 2.75) is 33.1 Å². The van der Waals surface area contributed by atoms with Crippen LogP contribution in [0.25, 0.3) is 0 Å². The molecule has 106 valence electrons. The summed E-state index contributed by atoms with van der Waals surface area (Å²) in [7, 11) is 0. The van der Waals surface area contributed by atoms with Crippen LogP contribution in [-0.2, 0) is 0 Å². The Morgan fingerprint density at radius 2 is 2.24 bits per heavy atom. The fraction of sp³-hybridized carbons (Fsp3) is 0.389. The summed E-state index contributed by atoms with van der Waals surface area (Å²) >= 11 is 0. The lowest BCUT2D eigenvalue weighted by Gasteiger charge is -2.31. The summed E-state index contributed by atoms with van der Waals surface area (Å²) in [5, 5.41) is 0. The molecule has 1 atom stereocenters. The molecule has 1 unspecified atom stereocenters. The molecule has 0 N–H and O–H groups in total. The van der Waals surface area contributed by atoms with Gasteiger partial charge in [-0.3, -0.25) is 0 Å². The Kier molecular flexibility index (Phi) is 3.02. The Balaban J connectivity index is 1.66. The molecular formula is C18H22BN2+. The molecule has 3 heteroatoms. The average Bonchev–Trinajstić information content (AvgIpc) is 2.85. The number of allylic oxidation sites excluding steroid dienone is 5. The second-order valence-corrected chi connectivity index (χ2v) is 6.58. The highest BCUT2D eigenvalue weighted by Gasteiger charge is 2.41. The van der Waals surface area contributed by atoms with Crippen molar-refractivity contribution < 1.29 is 4.58 Å². The zero-order valence-corrected chi connectivity index (χ0v) is 12.9. The molecular weight excluding hydrogens is 255 g/mol. The molecule has 0 aromatic carbocycles. The lowest BCUT2D eigenvalue weighted by atomic mass is 9.41. The maximum Gasteiger partial charge on any atom is 0.317 e. The minimum atomic E-state index is 0.543. The van der Waals surface area contributed by atoms with Gasteiger partial charge in [0.2, 0.25) is 0 Å². The molecule has 1 aliphatic carbocycles. The van der Waals surface area contributed by atoms with Gasteiger partial charge in [-0.15, -0.1) is 0 Å². The summed E-state index contributed by atoms with van der Waals surface area (Å²) in [4.78, 5) is 2.37. The first-order chi connectivity index (χ1) is 10.2. The van der Waals surface area contributed by atoms with Gasteiger partial charge in [-0.25, -0.2) is 4.58 Å². The van der Waals surface area contributed by atoms with Gasteiger partial charge in [0, 0.05) is 24.2 Å². The van der Waals surface area contributed by atoms with Crippen molar-refractivity contribution in [1.29, 1.82) is 0 Å². The van der Waals surface area contributed by atoms with Crippen LogP contribution in [0.4, 0.5) is 0 Å². The van der Waals surface area contributed by atoms with Gasteiger partial charge in [0.05, 0.1) is 0 Å². The third kappa shape index (κ3) is 2.07. The molecule has 0 aromatic heterocycles. The smallest absolute Gasteiger partial charge is 0.317 e. The quantitative estimate of drug-likeness (QED) is 0.525. The maximum atomic E-state index is 2.44. The van der Waals surface area contributed by atoms with Crippen molar-refractivity contribution in [3.63, 3.8) is 0 Å². The van der Waals surface area contributed by atoms with E-state index in [4.69, 9.17) is 0 Å². The summed E-state index contributed by atoms with van der Waals surface area (Å²) in [6.07, 6.45) is 17.4. The number of rotatable bonds is 1. The normalized spacial score (nSPS) is 27.3. The molecule has 0 saturated heterocycles. The first kappa shape index (κ1) is 12.9. The Hall–Kier alpha value is -1.77. The summed E-state index contributed by atoms with van der Waals surface area (Å²) in [6, 6.07) is 0. The monoisotopic (exact) mass is 277 g/mol. The Labute approximate surface area is 127 Å². The van der Waals surface area contributed by atoms with E-state index in [0.717, 1.165) is 13.0 Å². The Bertz CT molecular complexity index is 661. The van der Waals surface area contributed by atoms with Gasteiger partial charge in [-0.05, 0) is 43.1 Å². The van der Waals surface area contributed by atoms with Crippen LogP contribution in [-0.4, -0.2) is 28.3 Å². The molecule has 4 rings (SSSR count). The van der Waals surface area contributed by atoms with Crippen molar-refractivity contribution in [2.75, 3.05) is 6.54 Å². The van der Waals surface area contributed by atoms with Crippen molar-refractivity contribution in [1.82, 2.24) is 4.90 Å². The largest absolute Gasteiger partial charge is 0.329 e. The predicted octanol–water partition coefficient (Wildman–Crippen LogP) is 3.46. The molecule has 21 heavy (non-hydrogen) atoms. The first-order valence-corrected chi connectivity index (χ1v) is 8.07. The minimum absolute atomic E-state index is 0.543. The van der Waals surface area contributed by atoms with E-state index in [0.29, 0.717) is 12.6 Å². The molecule has 3 heterocycles. The predicted molar refractivity (Wildman–Crippen MR) is 88.9 cm³/mol. The summed E-state index contributed by atoms with van der Waals surface area (Å²) < 4.78 is 2.44. The third-order valence-electron chi connectivity index (χ3n) is 5.08. The highest BCUT2D eigenvalue weighted by molar-refractivity contribution is 6.99. The fourth-order valence-electron chi connectivity index (χ4n) is 4.07. The first-order valence-electron chi connectivity index (χ1n) is 8.07. The highest BCUT2D eigenvalue weighted by atomic mass is 15.1. The van der Waals surface area contributed by atoms with Gasteiger partial charge < -0.3 is 4.90 Å². The van der Waals surface area contributed by atoms with Gasteiger partial charge in [-0.1, -0.05) is 25.1 Å². The summed E-state index contributed by atoms with van der Waals surface area (Å²) in [5.74, 6) is 3.00. The summed E-state index contributed by atoms with van der Waals surface area (Å²) in [5.41, 5.74) is 5.99. The highest BCUT2D eigenvalue weighted by Crippen LogP contribution is 2.32. The number of nitrogens with zero attached hydrogens (tertiary/aromatic N) is 2. The van der Waals surface area contributed by atoms with Gasteiger partial charge in [0.1, 0.15) is 5.61 Å². The van der Waals surface area contributed by atoms with E-state index in [1.54, 1.807) is 11.1 Å². The Morgan fingerprint density at radius 3 is 3.10 bits per heavy atom. The zero-order chi connectivity index (χ0) is 14.4. The van der Waals surface area contributed by atoms with Crippen LogP contribution >= 0.6 is 0 Å². The molecule has 0 radical (unpaired) electrons. The molecule has 0 bridgehead atoms. The molecule has 0 amide bonds. The lowest BCUT2D eigenvalue weighted by Crippen LogP contribution is -2.31. The molecule has 0 fully saturated rings. The lowest BCUT2D eigenvalue weighted by molar-refractivity contribution is -0.443. The summed E-state index contributed by atoms with van der Waals surface area (Å²) in [6.45, 7) is 6.17. The van der Waals surface area contributed by atoms with E-state index >= 15 is 0 Å². The zero-order valence-electron chi connectivity index (χ0n) is 12.9. The van der Waals surface area contributed by atoms with E-state index in [1.165, 1.54) is 24.1 Å². The van der Waals surface area contributed by atoms with Crippen molar-refractivity contribution in [2.24, 2.45) is 5.92 Å². The van der Waals surface area contributed by atoms with Crippen LogP contribution in [0.5, 0.6) is 0 Å². The van der Waals surface area contributed by atoms with Crippen LogP contribution in [0.3, 0.4) is 0 Å². The van der Waals surface area contributed by atoms with Crippen molar-refractivity contribution >= 4 is 12.3 Å². The SMILES string of the molecule is CC1=C(N2C=CB3C(=C2)C[N+]2=C3CCC=C2)C(C)CC=C1. The molecule has 2 nitrogen and oxygen atoms in total. The molecule has 4 aliphatic rings. The van der Waals surface area contributed by atoms with Crippen molar-refractivity contribution in [3.05, 3.63) is 59.5 Å². The second kappa shape index (κ2) is 4.90. The van der Waals surface area contributed by atoms with E-state index in [9.17, 15) is 0 Å². The van der Waals surface area contributed by atoms with E-state index in [-0.39, 0.29) is 0 Å².